The highest BCUT2D eigenvalue weighted by atomic mass is 16.5. The maximum absolute atomic E-state index is 9.71. The molecule has 0 saturated carbocycles. The van der Waals surface area contributed by atoms with E-state index in [4.69, 9.17) is 0 Å². The lowest BCUT2D eigenvalue weighted by molar-refractivity contribution is -0.123. The molecule has 2 nitrogen and oxygen atoms in total. The van der Waals surface area contributed by atoms with Crippen molar-refractivity contribution in [1.82, 2.24) is 0 Å². The molecule has 0 aliphatic rings. The Morgan fingerprint density at radius 1 is 1.17 bits per heavy atom. The largest absolute Gasteiger partial charge is 0.437 e. The quantitative estimate of drug-likeness (QED) is 0.318. The van der Waals surface area contributed by atoms with Gasteiger partial charge in [-0.2, -0.15) is 0 Å². The molecular formula is C10H18O2. The smallest absolute Gasteiger partial charge is 0.297 e. The molecule has 0 fully saturated rings. The highest BCUT2D eigenvalue weighted by Crippen LogP contribution is 2.04. The molecule has 0 bridgehead atoms. The molecule has 0 aromatic carbocycles. The zero-order valence-corrected chi connectivity index (χ0v) is 7.79. The summed E-state index contributed by atoms with van der Waals surface area (Å²) in [5.74, 6) is 0. The SMILES string of the molecule is CCCCCCCC=COC=O. The fourth-order valence-electron chi connectivity index (χ4n) is 1.02. The monoisotopic (exact) mass is 170 g/mol. The van der Waals surface area contributed by atoms with E-state index in [1.165, 1.54) is 38.4 Å². The Morgan fingerprint density at radius 3 is 2.58 bits per heavy atom. The van der Waals surface area contributed by atoms with Gasteiger partial charge in [0, 0.05) is 0 Å². The maximum Gasteiger partial charge on any atom is 0.297 e. The molecule has 0 aliphatic heterocycles. The molecule has 0 aromatic rings. The number of rotatable bonds is 8. The first-order chi connectivity index (χ1) is 5.91. The van der Waals surface area contributed by atoms with Crippen molar-refractivity contribution in [3.8, 4) is 0 Å². The molecule has 2 heteroatoms. The minimum atomic E-state index is 0.438. The van der Waals surface area contributed by atoms with Crippen LogP contribution in [-0.4, -0.2) is 6.47 Å². The van der Waals surface area contributed by atoms with Gasteiger partial charge >= 0.3 is 0 Å². The minimum absolute atomic E-state index is 0.438. The molecule has 0 unspecified atom stereocenters. The summed E-state index contributed by atoms with van der Waals surface area (Å²) < 4.78 is 4.40. The predicted molar refractivity (Wildman–Crippen MR) is 49.7 cm³/mol. The summed E-state index contributed by atoms with van der Waals surface area (Å²) in [7, 11) is 0. The van der Waals surface area contributed by atoms with Crippen LogP contribution in [0.2, 0.25) is 0 Å². The van der Waals surface area contributed by atoms with Gasteiger partial charge in [0.2, 0.25) is 0 Å². The number of allylic oxidation sites excluding steroid dienone is 1. The lowest BCUT2D eigenvalue weighted by Crippen LogP contribution is -1.77. The molecule has 0 spiro atoms. The van der Waals surface area contributed by atoms with Gasteiger partial charge in [0.25, 0.3) is 6.47 Å². The van der Waals surface area contributed by atoms with Gasteiger partial charge in [-0.25, -0.2) is 0 Å². The fourth-order valence-corrected chi connectivity index (χ4v) is 1.02. The van der Waals surface area contributed by atoms with E-state index in [1.807, 2.05) is 6.08 Å². The number of hydrogen-bond donors (Lipinski definition) is 0. The minimum Gasteiger partial charge on any atom is -0.437 e. The van der Waals surface area contributed by atoms with Gasteiger partial charge in [0.05, 0.1) is 6.26 Å². The third-order valence-electron chi connectivity index (χ3n) is 1.70. The standard InChI is InChI=1S/C10H18O2/c1-2-3-4-5-6-7-8-9-12-10-11/h8-10H,2-7H2,1H3. The van der Waals surface area contributed by atoms with Crippen LogP contribution in [0.1, 0.15) is 45.4 Å². The molecular weight excluding hydrogens is 152 g/mol. The second-order valence-corrected chi connectivity index (χ2v) is 2.81. The van der Waals surface area contributed by atoms with Gasteiger partial charge in [0.15, 0.2) is 0 Å². The molecule has 0 aliphatic carbocycles. The van der Waals surface area contributed by atoms with Crippen molar-refractivity contribution >= 4 is 6.47 Å². The summed E-state index contributed by atoms with van der Waals surface area (Å²) in [6.07, 6.45) is 10.8. The Morgan fingerprint density at radius 2 is 1.92 bits per heavy atom. The van der Waals surface area contributed by atoms with Crippen molar-refractivity contribution in [3.05, 3.63) is 12.3 Å². The van der Waals surface area contributed by atoms with Crippen molar-refractivity contribution < 1.29 is 9.53 Å². The maximum atomic E-state index is 9.71. The first-order valence-electron chi connectivity index (χ1n) is 4.66. The lowest BCUT2D eigenvalue weighted by Gasteiger charge is -1.95. The van der Waals surface area contributed by atoms with Crippen molar-refractivity contribution in [3.63, 3.8) is 0 Å². The number of carbonyl (C=O) groups excluding carboxylic acids is 1. The van der Waals surface area contributed by atoms with Crippen molar-refractivity contribution in [2.24, 2.45) is 0 Å². The zero-order chi connectivity index (χ0) is 9.07. The van der Waals surface area contributed by atoms with E-state index in [0.717, 1.165) is 6.42 Å². The van der Waals surface area contributed by atoms with E-state index in [0.29, 0.717) is 6.47 Å². The van der Waals surface area contributed by atoms with Crippen molar-refractivity contribution in [1.29, 1.82) is 0 Å². The summed E-state index contributed by atoms with van der Waals surface area (Å²) in [5.41, 5.74) is 0. The molecule has 0 heterocycles. The summed E-state index contributed by atoms with van der Waals surface area (Å²) >= 11 is 0. The molecule has 0 radical (unpaired) electrons. The van der Waals surface area contributed by atoms with Gasteiger partial charge < -0.3 is 4.74 Å². The van der Waals surface area contributed by atoms with Gasteiger partial charge in [-0.15, -0.1) is 0 Å². The third kappa shape index (κ3) is 9.21. The second-order valence-electron chi connectivity index (χ2n) is 2.81. The summed E-state index contributed by atoms with van der Waals surface area (Å²) in [6.45, 7) is 2.64. The Bertz CT molecular complexity index is 119. The van der Waals surface area contributed by atoms with Gasteiger partial charge in [-0.05, 0) is 18.9 Å². The summed E-state index contributed by atoms with van der Waals surface area (Å²) in [4.78, 5) is 9.71. The van der Waals surface area contributed by atoms with Crippen LogP contribution in [0, 0.1) is 0 Å². The summed E-state index contributed by atoms with van der Waals surface area (Å²) in [5, 5.41) is 0. The van der Waals surface area contributed by atoms with Crippen molar-refractivity contribution in [2.75, 3.05) is 0 Å². The Balaban J connectivity index is 2.94. The molecule has 0 amide bonds. The van der Waals surface area contributed by atoms with E-state index in [-0.39, 0.29) is 0 Å². The van der Waals surface area contributed by atoms with Crippen LogP contribution in [0.4, 0.5) is 0 Å². The normalized spacial score (nSPS) is 10.4. The number of ether oxygens (including phenoxy) is 1. The molecule has 0 N–H and O–H groups in total. The van der Waals surface area contributed by atoms with Gasteiger partial charge in [-0.1, -0.05) is 32.6 Å². The number of unbranched alkanes of at least 4 members (excludes halogenated alkanes) is 5. The van der Waals surface area contributed by atoms with Crippen LogP contribution in [0.3, 0.4) is 0 Å². The molecule has 0 saturated heterocycles. The van der Waals surface area contributed by atoms with Crippen molar-refractivity contribution in [2.45, 2.75) is 45.4 Å². The fraction of sp³-hybridized carbons (Fsp3) is 0.700. The van der Waals surface area contributed by atoms with E-state index < -0.39 is 0 Å². The molecule has 0 atom stereocenters. The topological polar surface area (TPSA) is 26.3 Å². The van der Waals surface area contributed by atoms with E-state index in [1.54, 1.807) is 0 Å². The number of hydrogen-bond acceptors (Lipinski definition) is 2. The Labute approximate surface area is 74.6 Å². The van der Waals surface area contributed by atoms with Crippen LogP contribution >= 0.6 is 0 Å². The van der Waals surface area contributed by atoms with Gasteiger partial charge in [0.1, 0.15) is 0 Å². The second kappa shape index (κ2) is 10.2. The van der Waals surface area contributed by atoms with E-state index >= 15 is 0 Å². The first-order valence-corrected chi connectivity index (χ1v) is 4.66. The predicted octanol–water partition coefficient (Wildman–Crippen LogP) is 3.03. The van der Waals surface area contributed by atoms with Crippen LogP contribution in [0.25, 0.3) is 0 Å². The third-order valence-corrected chi connectivity index (χ3v) is 1.70. The first kappa shape index (κ1) is 11.2. The van der Waals surface area contributed by atoms with Crippen LogP contribution in [-0.2, 0) is 9.53 Å². The summed E-state index contributed by atoms with van der Waals surface area (Å²) in [6, 6.07) is 0. The average Bonchev–Trinajstić information content (AvgIpc) is 2.10. The molecule has 0 aromatic heterocycles. The Hall–Kier alpha value is -0.790. The lowest BCUT2D eigenvalue weighted by atomic mass is 10.1. The molecule has 70 valence electrons. The zero-order valence-electron chi connectivity index (χ0n) is 7.79. The Kier molecular flexibility index (Phi) is 9.54. The molecule has 12 heavy (non-hydrogen) atoms. The number of carbonyl (C=O) groups is 1. The van der Waals surface area contributed by atoms with E-state index in [9.17, 15) is 4.79 Å². The van der Waals surface area contributed by atoms with Crippen LogP contribution < -0.4 is 0 Å². The van der Waals surface area contributed by atoms with Crippen LogP contribution in [0.15, 0.2) is 12.3 Å². The van der Waals surface area contributed by atoms with Gasteiger partial charge in [-0.3, -0.25) is 4.79 Å². The van der Waals surface area contributed by atoms with Crippen LogP contribution in [0.5, 0.6) is 0 Å². The average molecular weight is 170 g/mol. The highest BCUT2D eigenvalue weighted by Gasteiger charge is 1.85. The molecule has 0 rings (SSSR count). The van der Waals surface area contributed by atoms with E-state index in [2.05, 4.69) is 11.7 Å². The highest BCUT2D eigenvalue weighted by molar-refractivity contribution is 5.38.